The highest BCUT2D eigenvalue weighted by molar-refractivity contribution is 6.32. The average molecular weight is 223 g/mol. The maximum Gasteiger partial charge on any atom is 0.278 e. The number of allylic oxidation sites excluding steroid dienone is 1. The molecule has 0 aliphatic carbocycles. The van der Waals surface area contributed by atoms with Gasteiger partial charge in [0.05, 0.1) is 21.6 Å². The highest BCUT2D eigenvalue weighted by Gasteiger charge is 2.14. The van der Waals surface area contributed by atoms with E-state index in [1.165, 1.54) is 18.2 Å². The van der Waals surface area contributed by atoms with Gasteiger partial charge in [-0.3, -0.25) is 10.1 Å². The van der Waals surface area contributed by atoms with Crippen molar-refractivity contribution >= 4 is 23.4 Å². The Morgan fingerprint density at radius 2 is 2.33 bits per heavy atom. The third kappa shape index (κ3) is 2.55. The van der Waals surface area contributed by atoms with Crippen molar-refractivity contribution < 1.29 is 4.92 Å². The Labute approximate surface area is 91.6 Å². The van der Waals surface area contributed by atoms with Crippen molar-refractivity contribution in [1.82, 2.24) is 0 Å². The van der Waals surface area contributed by atoms with Gasteiger partial charge in [-0.05, 0) is 19.1 Å². The first-order chi connectivity index (χ1) is 7.06. The molecular weight excluding hydrogens is 216 g/mol. The van der Waals surface area contributed by atoms with E-state index in [0.29, 0.717) is 5.57 Å². The Kier molecular flexibility index (Phi) is 3.42. The molecule has 0 aromatic heterocycles. The monoisotopic (exact) mass is 222 g/mol. The first-order valence-electron chi connectivity index (χ1n) is 4.07. The van der Waals surface area contributed by atoms with Crippen LogP contribution in [0.1, 0.15) is 12.5 Å². The van der Waals surface area contributed by atoms with Gasteiger partial charge in [0.2, 0.25) is 0 Å². The summed E-state index contributed by atoms with van der Waals surface area (Å²) in [5.74, 6) is 0. The zero-order valence-corrected chi connectivity index (χ0v) is 8.65. The third-order valence-corrected chi connectivity index (χ3v) is 2.09. The fraction of sp³-hybridized carbons (Fsp3) is 0.100. The topological polar surface area (TPSA) is 66.9 Å². The van der Waals surface area contributed by atoms with Gasteiger partial charge < -0.3 is 0 Å². The van der Waals surface area contributed by atoms with E-state index in [0.717, 1.165) is 0 Å². The largest absolute Gasteiger partial charge is 0.278 e. The van der Waals surface area contributed by atoms with Gasteiger partial charge in [-0.2, -0.15) is 5.26 Å². The van der Waals surface area contributed by atoms with E-state index in [4.69, 9.17) is 16.9 Å². The Balaban J connectivity index is 3.39. The predicted octanol–water partition coefficient (Wildman–Crippen LogP) is 3.18. The molecule has 0 N–H and O–H groups in total. The molecular formula is C10H7ClN2O2. The molecule has 0 aliphatic rings. The second kappa shape index (κ2) is 4.58. The van der Waals surface area contributed by atoms with Gasteiger partial charge in [-0.1, -0.05) is 17.7 Å². The van der Waals surface area contributed by atoms with Gasteiger partial charge >= 0.3 is 0 Å². The summed E-state index contributed by atoms with van der Waals surface area (Å²) < 4.78 is 0. The Hall–Kier alpha value is -1.86. The summed E-state index contributed by atoms with van der Waals surface area (Å²) in [6.45, 7) is 1.56. The molecule has 0 radical (unpaired) electrons. The fourth-order valence-corrected chi connectivity index (χ4v) is 1.30. The van der Waals surface area contributed by atoms with E-state index in [2.05, 4.69) is 0 Å². The quantitative estimate of drug-likeness (QED) is 0.438. The summed E-state index contributed by atoms with van der Waals surface area (Å²) in [7, 11) is 0. The molecule has 0 spiro atoms. The fourth-order valence-electron chi connectivity index (χ4n) is 1.08. The van der Waals surface area contributed by atoms with E-state index in [-0.39, 0.29) is 16.3 Å². The highest BCUT2D eigenvalue weighted by atomic mass is 35.5. The van der Waals surface area contributed by atoms with Gasteiger partial charge in [0.25, 0.3) is 5.69 Å². The van der Waals surface area contributed by atoms with E-state index in [9.17, 15) is 10.1 Å². The standard InChI is InChI=1S/C10H7ClN2O2/c1-7(6-12)5-8-9(11)3-2-4-10(8)13(14)15/h2-5H,1H3/b7-5+. The lowest BCUT2D eigenvalue weighted by atomic mass is 10.1. The van der Waals surface area contributed by atoms with E-state index < -0.39 is 4.92 Å². The second-order valence-corrected chi connectivity index (χ2v) is 3.28. The molecule has 0 aliphatic heterocycles. The molecule has 0 heterocycles. The minimum Gasteiger partial charge on any atom is -0.258 e. The molecule has 0 amide bonds. The van der Waals surface area contributed by atoms with Crippen LogP contribution in [0.15, 0.2) is 23.8 Å². The first-order valence-corrected chi connectivity index (χ1v) is 4.45. The van der Waals surface area contributed by atoms with Gasteiger partial charge in [0.1, 0.15) is 0 Å². The summed E-state index contributed by atoms with van der Waals surface area (Å²) in [4.78, 5) is 10.2. The molecule has 1 rings (SSSR count). The van der Waals surface area contributed by atoms with Gasteiger partial charge in [0, 0.05) is 11.6 Å². The lowest BCUT2D eigenvalue weighted by Gasteiger charge is -1.99. The van der Waals surface area contributed by atoms with Crippen LogP contribution in [0, 0.1) is 21.4 Å². The molecule has 0 saturated carbocycles. The molecule has 15 heavy (non-hydrogen) atoms. The van der Waals surface area contributed by atoms with Crippen LogP contribution in [-0.2, 0) is 0 Å². The van der Waals surface area contributed by atoms with E-state index in [1.54, 1.807) is 13.0 Å². The molecule has 76 valence electrons. The molecule has 5 heteroatoms. The zero-order chi connectivity index (χ0) is 11.4. The van der Waals surface area contributed by atoms with Crippen LogP contribution in [0.2, 0.25) is 5.02 Å². The Morgan fingerprint density at radius 1 is 1.67 bits per heavy atom. The Morgan fingerprint density at radius 3 is 2.87 bits per heavy atom. The van der Waals surface area contributed by atoms with Gasteiger partial charge in [-0.25, -0.2) is 0 Å². The van der Waals surface area contributed by atoms with Crippen molar-refractivity contribution in [2.24, 2.45) is 0 Å². The maximum atomic E-state index is 10.7. The number of benzene rings is 1. The lowest BCUT2D eigenvalue weighted by Crippen LogP contribution is -1.92. The maximum absolute atomic E-state index is 10.7. The van der Waals surface area contributed by atoms with E-state index >= 15 is 0 Å². The van der Waals surface area contributed by atoms with Crippen LogP contribution in [0.3, 0.4) is 0 Å². The van der Waals surface area contributed by atoms with Crippen LogP contribution >= 0.6 is 11.6 Å². The summed E-state index contributed by atoms with van der Waals surface area (Å²) in [5, 5.41) is 19.5. The smallest absolute Gasteiger partial charge is 0.258 e. The summed E-state index contributed by atoms with van der Waals surface area (Å²) in [6.07, 6.45) is 1.40. The van der Waals surface area contributed by atoms with Crippen molar-refractivity contribution in [3.63, 3.8) is 0 Å². The number of halogens is 1. The third-order valence-electron chi connectivity index (χ3n) is 1.76. The molecule has 0 fully saturated rings. The second-order valence-electron chi connectivity index (χ2n) is 2.87. The molecule has 1 aromatic carbocycles. The van der Waals surface area contributed by atoms with Crippen LogP contribution in [-0.4, -0.2) is 4.92 Å². The SMILES string of the molecule is C/C(C#N)=C\c1c(Cl)cccc1[N+](=O)[O-]. The van der Waals surface area contributed by atoms with Crippen LogP contribution in [0.5, 0.6) is 0 Å². The van der Waals surface area contributed by atoms with Gasteiger partial charge in [0.15, 0.2) is 0 Å². The molecule has 0 atom stereocenters. The van der Waals surface area contributed by atoms with Crippen molar-refractivity contribution in [2.75, 3.05) is 0 Å². The number of nitriles is 1. The number of nitrogens with zero attached hydrogens (tertiary/aromatic N) is 2. The number of hydrogen-bond acceptors (Lipinski definition) is 3. The minimum atomic E-state index is -0.525. The normalized spacial score (nSPS) is 10.9. The lowest BCUT2D eigenvalue weighted by molar-refractivity contribution is -0.385. The number of nitro groups is 1. The predicted molar refractivity (Wildman–Crippen MR) is 57.4 cm³/mol. The van der Waals surface area contributed by atoms with Crippen molar-refractivity contribution in [2.45, 2.75) is 6.92 Å². The molecule has 0 unspecified atom stereocenters. The molecule has 0 saturated heterocycles. The van der Waals surface area contributed by atoms with E-state index in [1.807, 2.05) is 6.07 Å². The molecule has 0 bridgehead atoms. The summed E-state index contributed by atoms with van der Waals surface area (Å²) in [5.41, 5.74) is 0.534. The number of rotatable bonds is 2. The Bertz CT molecular complexity index is 475. The average Bonchev–Trinajstić information content (AvgIpc) is 2.20. The van der Waals surface area contributed by atoms with Crippen molar-refractivity contribution in [1.29, 1.82) is 5.26 Å². The number of nitro benzene ring substituents is 1. The van der Waals surface area contributed by atoms with Crippen LogP contribution < -0.4 is 0 Å². The summed E-state index contributed by atoms with van der Waals surface area (Å²) >= 11 is 5.82. The van der Waals surface area contributed by atoms with Crippen LogP contribution in [0.25, 0.3) is 6.08 Å². The summed E-state index contributed by atoms with van der Waals surface area (Å²) in [6, 6.07) is 6.28. The van der Waals surface area contributed by atoms with Crippen molar-refractivity contribution in [3.05, 3.63) is 44.5 Å². The molecule has 1 aromatic rings. The van der Waals surface area contributed by atoms with Crippen LogP contribution in [0.4, 0.5) is 5.69 Å². The number of hydrogen-bond donors (Lipinski definition) is 0. The molecule has 4 nitrogen and oxygen atoms in total. The highest BCUT2D eigenvalue weighted by Crippen LogP contribution is 2.28. The first kappa shape index (κ1) is 11.2. The van der Waals surface area contributed by atoms with Gasteiger partial charge in [-0.15, -0.1) is 0 Å². The van der Waals surface area contributed by atoms with Crippen molar-refractivity contribution in [3.8, 4) is 6.07 Å². The zero-order valence-electron chi connectivity index (χ0n) is 7.90. The minimum absolute atomic E-state index is 0.0999.